The number of hydrogen-bond acceptors (Lipinski definition) is 2. The Morgan fingerprint density at radius 1 is 1.43 bits per heavy atom. The van der Waals surface area contributed by atoms with Gasteiger partial charge < -0.3 is 10.2 Å². The molecular formula is C11H16N2O. The highest BCUT2D eigenvalue weighted by atomic mass is 16.2. The van der Waals surface area contributed by atoms with Crippen LogP contribution < -0.4 is 5.32 Å². The molecule has 2 rings (SSSR count). The molecule has 2 aliphatic rings. The molecule has 2 fully saturated rings. The average Bonchev–Trinajstić information content (AvgIpc) is 2.85. The number of terminal acetylenes is 1. The second-order valence-electron chi connectivity index (χ2n) is 4.06. The molecule has 0 aromatic carbocycles. The molecule has 3 heteroatoms. The molecule has 0 bridgehead atoms. The minimum atomic E-state index is -0.138. The van der Waals surface area contributed by atoms with Gasteiger partial charge in [-0.2, -0.15) is 0 Å². The van der Waals surface area contributed by atoms with E-state index in [4.69, 9.17) is 6.42 Å². The molecule has 0 aliphatic carbocycles. The fraction of sp³-hybridized carbons (Fsp3) is 0.727. The van der Waals surface area contributed by atoms with Gasteiger partial charge >= 0.3 is 0 Å². The predicted molar refractivity (Wildman–Crippen MR) is 54.6 cm³/mol. The van der Waals surface area contributed by atoms with Gasteiger partial charge in [0, 0.05) is 18.6 Å². The topological polar surface area (TPSA) is 32.3 Å². The van der Waals surface area contributed by atoms with Crippen molar-refractivity contribution in [2.75, 3.05) is 13.1 Å². The highest BCUT2D eigenvalue weighted by Crippen LogP contribution is 2.24. The molecular weight excluding hydrogens is 176 g/mol. The third kappa shape index (κ3) is 1.62. The number of amides is 1. The molecule has 0 saturated carbocycles. The van der Waals surface area contributed by atoms with Crippen LogP contribution in [0.1, 0.15) is 25.7 Å². The molecule has 3 nitrogen and oxygen atoms in total. The molecule has 2 saturated heterocycles. The first-order chi connectivity index (χ1) is 6.83. The van der Waals surface area contributed by atoms with Crippen molar-refractivity contribution in [1.82, 2.24) is 10.2 Å². The van der Waals surface area contributed by atoms with Gasteiger partial charge in [-0.15, -0.1) is 6.42 Å². The summed E-state index contributed by atoms with van der Waals surface area (Å²) in [6.07, 6.45) is 9.75. The van der Waals surface area contributed by atoms with Crippen molar-refractivity contribution in [3.63, 3.8) is 0 Å². The zero-order valence-electron chi connectivity index (χ0n) is 8.33. The third-order valence-corrected chi connectivity index (χ3v) is 3.25. The Bertz CT molecular complexity index is 263. The Balaban J connectivity index is 2.03. The van der Waals surface area contributed by atoms with Gasteiger partial charge in [-0.25, -0.2) is 0 Å². The summed E-state index contributed by atoms with van der Waals surface area (Å²) in [5.74, 6) is 2.08. The van der Waals surface area contributed by atoms with E-state index >= 15 is 0 Å². The molecule has 1 amide bonds. The summed E-state index contributed by atoms with van der Waals surface area (Å²) in [5.41, 5.74) is 0. The largest absolute Gasteiger partial charge is 0.327 e. The Kier molecular flexibility index (Phi) is 2.74. The zero-order chi connectivity index (χ0) is 9.97. The van der Waals surface area contributed by atoms with Gasteiger partial charge in [0.2, 0.25) is 0 Å². The highest BCUT2D eigenvalue weighted by molar-refractivity contribution is 5.93. The lowest BCUT2D eigenvalue weighted by Gasteiger charge is -2.27. The maximum atomic E-state index is 11.4. The summed E-state index contributed by atoms with van der Waals surface area (Å²) in [6.45, 7) is 1.92. The van der Waals surface area contributed by atoms with E-state index in [0.29, 0.717) is 12.1 Å². The summed E-state index contributed by atoms with van der Waals surface area (Å²) < 4.78 is 0. The highest BCUT2D eigenvalue weighted by Gasteiger charge is 2.35. The van der Waals surface area contributed by atoms with Crippen molar-refractivity contribution in [2.45, 2.75) is 37.8 Å². The number of nitrogens with zero attached hydrogens (tertiary/aromatic N) is 1. The lowest BCUT2D eigenvalue weighted by molar-refractivity contribution is -0.126. The molecule has 2 aliphatic heterocycles. The van der Waals surface area contributed by atoms with E-state index in [-0.39, 0.29) is 5.91 Å². The Labute approximate surface area is 84.8 Å². The second kappa shape index (κ2) is 4.02. The lowest BCUT2D eigenvalue weighted by atomic mass is 10.0. The molecule has 0 aromatic heterocycles. The van der Waals surface area contributed by atoms with Crippen LogP contribution in [0, 0.1) is 12.3 Å². The predicted octanol–water partition coefficient (Wildman–Crippen LogP) is 0.363. The van der Waals surface area contributed by atoms with Crippen molar-refractivity contribution >= 4 is 5.91 Å². The van der Waals surface area contributed by atoms with Crippen LogP contribution in [-0.2, 0) is 4.79 Å². The van der Waals surface area contributed by atoms with Crippen molar-refractivity contribution in [3.8, 4) is 12.3 Å². The first-order valence-electron chi connectivity index (χ1n) is 5.33. The number of carbonyl (C=O) groups excluding carboxylic acids is 1. The molecule has 0 aromatic rings. The minimum Gasteiger partial charge on any atom is -0.327 e. The molecule has 76 valence electrons. The quantitative estimate of drug-likeness (QED) is 0.608. The van der Waals surface area contributed by atoms with E-state index in [1.807, 2.05) is 4.90 Å². The molecule has 1 N–H and O–H groups in total. The lowest BCUT2D eigenvalue weighted by Crippen LogP contribution is -2.46. The maximum Gasteiger partial charge on any atom is 0.298 e. The second-order valence-corrected chi connectivity index (χ2v) is 4.06. The third-order valence-electron chi connectivity index (χ3n) is 3.25. The number of carbonyl (C=O) groups is 1. The maximum absolute atomic E-state index is 11.4. The van der Waals surface area contributed by atoms with Crippen LogP contribution in [0.5, 0.6) is 0 Å². The van der Waals surface area contributed by atoms with E-state index in [9.17, 15) is 4.79 Å². The number of rotatable bonds is 1. The summed E-state index contributed by atoms with van der Waals surface area (Å²) in [7, 11) is 0. The van der Waals surface area contributed by atoms with Crippen LogP contribution in [0.25, 0.3) is 0 Å². The van der Waals surface area contributed by atoms with Gasteiger partial charge in [0.05, 0.1) is 0 Å². The molecule has 0 radical (unpaired) electrons. The Morgan fingerprint density at radius 3 is 2.93 bits per heavy atom. The van der Waals surface area contributed by atoms with Crippen LogP contribution in [-0.4, -0.2) is 36.0 Å². The van der Waals surface area contributed by atoms with Crippen LogP contribution in [0.2, 0.25) is 0 Å². The summed E-state index contributed by atoms with van der Waals surface area (Å²) in [5, 5.41) is 3.44. The van der Waals surface area contributed by atoms with E-state index < -0.39 is 0 Å². The normalized spacial score (nSPS) is 31.8. The van der Waals surface area contributed by atoms with Gasteiger partial charge in [-0.05, 0) is 38.1 Å². The molecule has 2 atom stereocenters. The Morgan fingerprint density at radius 2 is 2.29 bits per heavy atom. The van der Waals surface area contributed by atoms with Crippen molar-refractivity contribution in [2.24, 2.45) is 0 Å². The number of nitrogens with one attached hydrogen (secondary N) is 1. The number of likely N-dealkylation sites (tertiary alicyclic amines) is 1. The molecule has 2 heterocycles. The van der Waals surface area contributed by atoms with E-state index in [1.54, 1.807) is 0 Å². The molecule has 2 unspecified atom stereocenters. The van der Waals surface area contributed by atoms with Crippen molar-refractivity contribution < 1.29 is 4.79 Å². The monoisotopic (exact) mass is 192 g/mol. The zero-order valence-corrected chi connectivity index (χ0v) is 8.33. The Hall–Kier alpha value is -1.01. The van der Waals surface area contributed by atoms with Gasteiger partial charge in [-0.1, -0.05) is 0 Å². The van der Waals surface area contributed by atoms with Crippen molar-refractivity contribution in [3.05, 3.63) is 0 Å². The van der Waals surface area contributed by atoms with Crippen LogP contribution in [0.4, 0.5) is 0 Å². The van der Waals surface area contributed by atoms with E-state index in [2.05, 4.69) is 11.2 Å². The smallest absolute Gasteiger partial charge is 0.298 e. The van der Waals surface area contributed by atoms with Crippen LogP contribution >= 0.6 is 0 Å². The van der Waals surface area contributed by atoms with Gasteiger partial charge in [0.1, 0.15) is 0 Å². The fourth-order valence-electron chi connectivity index (χ4n) is 2.59. The van der Waals surface area contributed by atoms with Gasteiger partial charge in [-0.3, -0.25) is 4.79 Å². The van der Waals surface area contributed by atoms with Crippen LogP contribution in [0.15, 0.2) is 0 Å². The van der Waals surface area contributed by atoms with E-state index in [0.717, 1.165) is 25.9 Å². The first kappa shape index (κ1) is 9.54. The van der Waals surface area contributed by atoms with E-state index in [1.165, 1.54) is 12.8 Å². The standard InChI is InChI=1S/C11H16N2O/c1-2-11(14)13-8-4-6-10(13)9-5-3-7-12-9/h1,9-10,12H,3-8H2. The van der Waals surface area contributed by atoms with Crippen LogP contribution in [0.3, 0.4) is 0 Å². The average molecular weight is 192 g/mol. The van der Waals surface area contributed by atoms with Gasteiger partial charge in [0.25, 0.3) is 5.91 Å². The van der Waals surface area contributed by atoms with Crippen molar-refractivity contribution in [1.29, 1.82) is 0 Å². The molecule has 14 heavy (non-hydrogen) atoms. The first-order valence-corrected chi connectivity index (χ1v) is 5.33. The van der Waals surface area contributed by atoms with Gasteiger partial charge in [0.15, 0.2) is 0 Å². The summed E-state index contributed by atoms with van der Waals surface area (Å²) in [4.78, 5) is 13.3. The minimum absolute atomic E-state index is 0.138. The summed E-state index contributed by atoms with van der Waals surface area (Å²) in [6, 6.07) is 0.829. The number of hydrogen-bond donors (Lipinski definition) is 1. The summed E-state index contributed by atoms with van der Waals surface area (Å²) >= 11 is 0. The molecule has 0 spiro atoms. The SMILES string of the molecule is C#CC(=O)N1CCCC1C1CCCN1. The fourth-order valence-corrected chi connectivity index (χ4v) is 2.59.